The van der Waals surface area contributed by atoms with Gasteiger partial charge in [0.1, 0.15) is 0 Å². The Morgan fingerprint density at radius 1 is 1.35 bits per heavy atom. The molecule has 1 aliphatic carbocycles. The molecule has 0 bridgehead atoms. The standard InChI is InChI=1S/C13H17N3O/c1-10-7-12(8-13(10)15-16-14)17-9-11-5-3-2-4-6-11/h2-6,10,12-13H,7-9H2,1H3/t10-,12-,13-/m0/s1. The van der Waals surface area contributed by atoms with E-state index in [4.69, 9.17) is 10.3 Å². The summed E-state index contributed by atoms with van der Waals surface area (Å²) in [6.45, 7) is 2.76. The molecule has 0 spiro atoms. The quantitative estimate of drug-likeness (QED) is 0.443. The van der Waals surface area contributed by atoms with Crippen LogP contribution in [0, 0.1) is 5.92 Å². The Morgan fingerprint density at radius 3 is 2.82 bits per heavy atom. The lowest BCUT2D eigenvalue weighted by molar-refractivity contribution is 0.0429. The summed E-state index contributed by atoms with van der Waals surface area (Å²) in [6, 6.07) is 10.2. The highest BCUT2D eigenvalue weighted by atomic mass is 16.5. The monoisotopic (exact) mass is 231 g/mol. The Bertz CT molecular complexity index is 400. The molecule has 1 aromatic carbocycles. The lowest BCUT2D eigenvalue weighted by Gasteiger charge is -2.11. The highest BCUT2D eigenvalue weighted by Gasteiger charge is 2.30. The van der Waals surface area contributed by atoms with E-state index in [1.165, 1.54) is 5.56 Å². The second kappa shape index (κ2) is 5.71. The molecule has 0 unspecified atom stereocenters. The molecule has 0 amide bonds. The molecule has 0 N–H and O–H groups in total. The van der Waals surface area contributed by atoms with Gasteiger partial charge in [0.15, 0.2) is 0 Å². The normalized spacial score (nSPS) is 27.7. The summed E-state index contributed by atoms with van der Waals surface area (Å²) in [5, 5.41) is 3.81. The molecule has 0 aromatic heterocycles. The average molecular weight is 231 g/mol. The zero-order valence-electron chi connectivity index (χ0n) is 9.99. The van der Waals surface area contributed by atoms with Crippen molar-refractivity contribution in [2.24, 2.45) is 11.0 Å². The molecular formula is C13H17N3O. The molecule has 4 nitrogen and oxygen atoms in total. The van der Waals surface area contributed by atoms with Crippen LogP contribution in [-0.2, 0) is 11.3 Å². The van der Waals surface area contributed by atoms with Crippen molar-refractivity contribution >= 4 is 0 Å². The van der Waals surface area contributed by atoms with Gasteiger partial charge in [0.25, 0.3) is 0 Å². The molecule has 90 valence electrons. The van der Waals surface area contributed by atoms with E-state index < -0.39 is 0 Å². The SMILES string of the molecule is C[C@H]1C[C@H](OCc2ccccc2)C[C@@H]1N=[N+]=[N-]. The maximum Gasteiger partial charge on any atom is 0.0720 e. The van der Waals surface area contributed by atoms with E-state index in [2.05, 4.69) is 29.1 Å². The molecular weight excluding hydrogens is 214 g/mol. The van der Waals surface area contributed by atoms with E-state index in [-0.39, 0.29) is 12.1 Å². The van der Waals surface area contributed by atoms with Crippen molar-refractivity contribution in [2.45, 2.75) is 38.5 Å². The predicted molar refractivity (Wildman–Crippen MR) is 66.4 cm³/mol. The van der Waals surface area contributed by atoms with Gasteiger partial charge in [-0.25, -0.2) is 0 Å². The molecule has 1 aromatic rings. The number of nitrogens with zero attached hydrogens (tertiary/aromatic N) is 3. The summed E-state index contributed by atoms with van der Waals surface area (Å²) < 4.78 is 5.85. The smallest absolute Gasteiger partial charge is 0.0720 e. The van der Waals surface area contributed by atoms with Gasteiger partial charge in [-0.1, -0.05) is 42.4 Å². The molecule has 0 radical (unpaired) electrons. The van der Waals surface area contributed by atoms with Gasteiger partial charge in [0.2, 0.25) is 0 Å². The molecule has 0 heterocycles. The zero-order chi connectivity index (χ0) is 12.1. The average Bonchev–Trinajstić information content (AvgIpc) is 2.70. The first kappa shape index (κ1) is 12.0. The summed E-state index contributed by atoms with van der Waals surface area (Å²) >= 11 is 0. The maximum absolute atomic E-state index is 8.46. The fourth-order valence-corrected chi connectivity index (χ4v) is 2.32. The van der Waals surface area contributed by atoms with Crippen LogP contribution >= 0.6 is 0 Å². The summed E-state index contributed by atoms with van der Waals surface area (Å²) in [5.74, 6) is 0.423. The fourth-order valence-electron chi connectivity index (χ4n) is 2.32. The topological polar surface area (TPSA) is 58.0 Å². The number of hydrogen-bond acceptors (Lipinski definition) is 2. The zero-order valence-corrected chi connectivity index (χ0v) is 9.99. The Morgan fingerprint density at radius 2 is 2.12 bits per heavy atom. The summed E-state index contributed by atoms with van der Waals surface area (Å²) in [5.41, 5.74) is 9.64. The minimum Gasteiger partial charge on any atom is -0.374 e. The van der Waals surface area contributed by atoms with Gasteiger partial charge in [-0.05, 0) is 29.9 Å². The van der Waals surface area contributed by atoms with Gasteiger partial charge >= 0.3 is 0 Å². The predicted octanol–water partition coefficient (Wildman–Crippen LogP) is 3.68. The van der Waals surface area contributed by atoms with Gasteiger partial charge < -0.3 is 4.74 Å². The van der Waals surface area contributed by atoms with Gasteiger partial charge in [-0.2, -0.15) is 0 Å². The number of azide groups is 1. The first-order valence-corrected chi connectivity index (χ1v) is 5.99. The van der Waals surface area contributed by atoms with Crippen LogP contribution in [0.25, 0.3) is 10.4 Å². The Balaban J connectivity index is 1.84. The summed E-state index contributed by atoms with van der Waals surface area (Å²) in [7, 11) is 0. The molecule has 3 atom stereocenters. The fraction of sp³-hybridized carbons (Fsp3) is 0.538. The van der Waals surface area contributed by atoms with Crippen LogP contribution in [0.1, 0.15) is 25.3 Å². The van der Waals surface area contributed by atoms with E-state index in [0.717, 1.165) is 12.8 Å². The van der Waals surface area contributed by atoms with Crippen LogP contribution in [0.4, 0.5) is 0 Å². The number of benzene rings is 1. The van der Waals surface area contributed by atoms with Crippen LogP contribution < -0.4 is 0 Å². The van der Waals surface area contributed by atoms with Crippen molar-refractivity contribution in [3.63, 3.8) is 0 Å². The first-order chi connectivity index (χ1) is 8.29. The van der Waals surface area contributed by atoms with Crippen LogP contribution in [0.5, 0.6) is 0 Å². The second-order valence-corrected chi connectivity index (χ2v) is 4.64. The Labute approximate surface area is 101 Å². The van der Waals surface area contributed by atoms with Crippen molar-refractivity contribution in [2.75, 3.05) is 0 Å². The van der Waals surface area contributed by atoms with Crippen LogP contribution in [0.2, 0.25) is 0 Å². The van der Waals surface area contributed by atoms with Crippen LogP contribution in [0.15, 0.2) is 35.4 Å². The maximum atomic E-state index is 8.46. The van der Waals surface area contributed by atoms with Crippen molar-refractivity contribution < 1.29 is 4.74 Å². The number of rotatable bonds is 4. The second-order valence-electron chi connectivity index (χ2n) is 4.64. The van der Waals surface area contributed by atoms with Gasteiger partial charge in [0.05, 0.1) is 12.7 Å². The largest absolute Gasteiger partial charge is 0.374 e. The third-order valence-corrected chi connectivity index (χ3v) is 3.32. The Kier molecular flexibility index (Phi) is 4.02. The summed E-state index contributed by atoms with van der Waals surface area (Å²) in [4.78, 5) is 2.89. The van der Waals surface area contributed by atoms with Gasteiger partial charge in [-0.15, -0.1) is 0 Å². The number of hydrogen-bond donors (Lipinski definition) is 0. The highest BCUT2D eigenvalue weighted by molar-refractivity contribution is 5.13. The van der Waals surface area contributed by atoms with Crippen LogP contribution in [-0.4, -0.2) is 12.1 Å². The lowest BCUT2D eigenvalue weighted by Crippen LogP contribution is -2.09. The van der Waals surface area contributed by atoms with Gasteiger partial charge in [0, 0.05) is 11.0 Å². The third kappa shape index (κ3) is 3.22. The minimum absolute atomic E-state index is 0.0979. The van der Waals surface area contributed by atoms with E-state index >= 15 is 0 Å². The minimum atomic E-state index is 0.0979. The molecule has 2 rings (SSSR count). The Hall–Kier alpha value is -1.51. The lowest BCUT2D eigenvalue weighted by atomic mass is 10.1. The van der Waals surface area contributed by atoms with E-state index in [1.54, 1.807) is 0 Å². The molecule has 1 saturated carbocycles. The van der Waals surface area contributed by atoms with Gasteiger partial charge in [-0.3, -0.25) is 0 Å². The summed E-state index contributed by atoms with van der Waals surface area (Å²) in [6.07, 6.45) is 2.05. The van der Waals surface area contributed by atoms with Crippen molar-refractivity contribution in [3.8, 4) is 0 Å². The first-order valence-electron chi connectivity index (χ1n) is 5.99. The van der Waals surface area contributed by atoms with Crippen molar-refractivity contribution in [1.82, 2.24) is 0 Å². The third-order valence-electron chi connectivity index (χ3n) is 3.32. The molecule has 1 fully saturated rings. The van der Waals surface area contributed by atoms with Crippen molar-refractivity contribution in [3.05, 3.63) is 46.3 Å². The van der Waals surface area contributed by atoms with E-state index in [1.807, 2.05) is 18.2 Å². The number of ether oxygens (including phenoxy) is 1. The van der Waals surface area contributed by atoms with E-state index in [9.17, 15) is 0 Å². The molecule has 1 aliphatic rings. The van der Waals surface area contributed by atoms with E-state index in [0.29, 0.717) is 12.5 Å². The van der Waals surface area contributed by atoms with Crippen LogP contribution in [0.3, 0.4) is 0 Å². The molecule has 17 heavy (non-hydrogen) atoms. The van der Waals surface area contributed by atoms with Crippen molar-refractivity contribution in [1.29, 1.82) is 0 Å². The highest BCUT2D eigenvalue weighted by Crippen LogP contribution is 2.31. The molecule has 0 aliphatic heterocycles. The molecule has 0 saturated heterocycles. The molecule has 4 heteroatoms.